The van der Waals surface area contributed by atoms with E-state index < -0.39 is 0 Å². The van der Waals surface area contributed by atoms with E-state index in [-0.39, 0.29) is 11.7 Å². The lowest BCUT2D eigenvalue weighted by molar-refractivity contribution is -0.121. The Bertz CT molecular complexity index is 395. The Labute approximate surface area is 116 Å². The van der Waals surface area contributed by atoms with Gasteiger partial charge in [0, 0.05) is 18.3 Å². The number of nitrogens with one attached hydrogen (secondary N) is 1. The Hall–Kier alpha value is -0.900. The number of hydrogen-bond acceptors (Lipinski definition) is 1. The Balaban J connectivity index is 2.26. The van der Waals surface area contributed by atoms with Crippen molar-refractivity contribution in [1.29, 1.82) is 0 Å². The zero-order chi connectivity index (χ0) is 13.4. The molecule has 0 saturated heterocycles. The second kappa shape index (κ2) is 8.25. The summed E-state index contributed by atoms with van der Waals surface area (Å²) in [6.45, 7) is 2.50. The molecule has 0 radical (unpaired) electrons. The summed E-state index contributed by atoms with van der Waals surface area (Å²) in [5, 5.41) is 3.82. The van der Waals surface area contributed by atoms with Gasteiger partial charge >= 0.3 is 0 Å². The predicted molar refractivity (Wildman–Crippen MR) is 75.5 cm³/mol. The summed E-state index contributed by atoms with van der Waals surface area (Å²) in [7, 11) is 0. The summed E-state index contributed by atoms with van der Waals surface area (Å²) >= 11 is 3.33. The lowest BCUT2D eigenvalue weighted by atomic mass is 10.1. The Morgan fingerprint density at radius 1 is 1.39 bits per heavy atom. The molecule has 0 aliphatic rings. The summed E-state index contributed by atoms with van der Waals surface area (Å²) in [5.41, 5.74) is 2.01. The van der Waals surface area contributed by atoms with Crippen molar-refractivity contribution in [3.8, 4) is 0 Å². The molecule has 18 heavy (non-hydrogen) atoms. The minimum absolute atomic E-state index is 0.0933. The Morgan fingerprint density at radius 3 is 2.83 bits per heavy atom. The first-order valence-corrected chi connectivity index (χ1v) is 7.33. The minimum atomic E-state index is -0.213. The molecule has 0 unspecified atom stereocenters. The second-order valence-corrected chi connectivity index (χ2v) is 5.11. The minimum Gasteiger partial charge on any atom is -0.356 e. The molecule has 0 spiro atoms. The summed E-state index contributed by atoms with van der Waals surface area (Å²) in [6, 6.07) is 4.76. The van der Waals surface area contributed by atoms with Crippen molar-refractivity contribution in [3.05, 3.63) is 35.1 Å². The van der Waals surface area contributed by atoms with Crippen molar-refractivity contribution in [2.24, 2.45) is 0 Å². The smallest absolute Gasteiger partial charge is 0.220 e. The molecule has 0 bridgehead atoms. The zero-order valence-electron chi connectivity index (χ0n) is 10.6. The molecule has 1 aromatic carbocycles. The molecule has 4 heteroatoms. The van der Waals surface area contributed by atoms with Crippen molar-refractivity contribution >= 4 is 21.8 Å². The molecule has 0 aliphatic carbocycles. The van der Waals surface area contributed by atoms with E-state index in [0.29, 0.717) is 13.0 Å². The maximum Gasteiger partial charge on any atom is 0.220 e. The van der Waals surface area contributed by atoms with Gasteiger partial charge in [-0.2, -0.15) is 0 Å². The predicted octanol–water partition coefficient (Wildman–Crippen LogP) is 3.36. The van der Waals surface area contributed by atoms with Crippen LogP contribution in [-0.2, 0) is 11.2 Å². The number of hydrogen-bond donors (Lipinski definition) is 1. The Kier molecular flexibility index (Phi) is 6.94. The maximum absolute atomic E-state index is 12.9. The van der Waals surface area contributed by atoms with Gasteiger partial charge in [0.15, 0.2) is 0 Å². The molecule has 1 aromatic rings. The van der Waals surface area contributed by atoms with E-state index in [0.717, 1.165) is 35.7 Å². The molecule has 0 fully saturated rings. The van der Waals surface area contributed by atoms with Gasteiger partial charge in [-0.15, -0.1) is 0 Å². The van der Waals surface area contributed by atoms with Crippen molar-refractivity contribution in [2.45, 2.75) is 32.6 Å². The van der Waals surface area contributed by atoms with Gasteiger partial charge in [-0.25, -0.2) is 4.39 Å². The fraction of sp³-hybridized carbons (Fsp3) is 0.500. The van der Waals surface area contributed by atoms with Gasteiger partial charge in [0.05, 0.1) is 0 Å². The largest absolute Gasteiger partial charge is 0.356 e. The van der Waals surface area contributed by atoms with Crippen LogP contribution in [0.25, 0.3) is 0 Å². The average molecular weight is 316 g/mol. The SMILES string of the molecule is Cc1cc(F)ccc1CCNC(=O)CCCCBr. The third-order valence-electron chi connectivity index (χ3n) is 2.81. The lowest BCUT2D eigenvalue weighted by Gasteiger charge is -2.07. The topological polar surface area (TPSA) is 29.1 Å². The van der Waals surface area contributed by atoms with E-state index in [1.165, 1.54) is 12.1 Å². The van der Waals surface area contributed by atoms with E-state index >= 15 is 0 Å². The van der Waals surface area contributed by atoms with Gasteiger partial charge in [0.2, 0.25) is 5.91 Å². The van der Waals surface area contributed by atoms with Crippen LogP contribution in [0.4, 0.5) is 4.39 Å². The van der Waals surface area contributed by atoms with Crippen LogP contribution in [0.1, 0.15) is 30.4 Å². The van der Waals surface area contributed by atoms with E-state index in [2.05, 4.69) is 21.2 Å². The van der Waals surface area contributed by atoms with Crippen LogP contribution in [0.3, 0.4) is 0 Å². The first-order valence-electron chi connectivity index (χ1n) is 6.21. The maximum atomic E-state index is 12.9. The van der Waals surface area contributed by atoms with Crippen molar-refractivity contribution in [2.75, 3.05) is 11.9 Å². The highest BCUT2D eigenvalue weighted by atomic mass is 79.9. The number of rotatable bonds is 7. The molecule has 2 nitrogen and oxygen atoms in total. The van der Waals surface area contributed by atoms with Crippen LogP contribution in [0.2, 0.25) is 0 Å². The van der Waals surface area contributed by atoms with Gasteiger partial charge in [0.1, 0.15) is 5.82 Å². The fourth-order valence-electron chi connectivity index (χ4n) is 1.74. The zero-order valence-corrected chi connectivity index (χ0v) is 12.2. The number of carbonyl (C=O) groups excluding carboxylic acids is 1. The number of alkyl halides is 1. The summed E-state index contributed by atoms with van der Waals surface area (Å²) in [6.07, 6.45) is 3.25. The number of amides is 1. The lowest BCUT2D eigenvalue weighted by Crippen LogP contribution is -2.25. The van der Waals surface area contributed by atoms with E-state index in [1.54, 1.807) is 6.07 Å². The molecular formula is C14H19BrFNO. The molecule has 0 aliphatic heterocycles. The summed E-state index contributed by atoms with van der Waals surface area (Å²) < 4.78 is 12.9. The van der Waals surface area contributed by atoms with Crippen LogP contribution in [-0.4, -0.2) is 17.8 Å². The van der Waals surface area contributed by atoms with Crippen molar-refractivity contribution < 1.29 is 9.18 Å². The molecule has 1 N–H and O–H groups in total. The number of carbonyl (C=O) groups is 1. The van der Waals surface area contributed by atoms with Crippen LogP contribution >= 0.6 is 15.9 Å². The molecule has 0 atom stereocenters. The number of unbranched alkanes of at least 4 members (excludes halogenated alkanes) is 1. The van der Waals surface area contributed by atoms with E-state index in [1.807, 2.05) is 6.92 Å². The average Bonchev–Trinajstić information content (AvgIpc) is 2.32. The van der Waals surface area contributed by atoms with Gasteiger partial charge in [-0.05, 0) is 49.4 Å². The Morgan fingerprint density at radius 2 is 2.17 bits per heavy atom. The fourth-order valence-corrected chi connectivity index (χ4v) is 2.14. The molecular weight excluding hydrogens is 297 g/mol. The molecule has 1 amide bonds. The van der Waals surface area contributed by atoms with Gasteiger partial charge in [-0.1, -0.05) is 22.0 Å². The molecule has 1 rings (SSSR count). The van der Waals surface area contributed by atoms with Crippen LogP contribution < -0.4 is 5.32 Å². The summed E-state index contributed by atoms with van der Waals surface area (Å²) in [4.78, 5) is 11.5. The monoisotopic (exact) mass is 315 g/mol. The number of benzene rings is 1. The molecule has 0 saturated carbocycles. The first kappa shape index (κ1) is 15.2. The number of halogens is 2. The number of aryl methyl sites for hydroxylation is 1. The highest BCUT2D eigenvalue weighted by molar-refractivity contribution is 9.09. The summed E-state index contributed by atoms with van der Waals surface area (Å²) in [5.74, 6) is -0.120. The standard InChI is InChI=1S/C14H19BrFNO/c1-11-10-13(16)6-5-12(11)7-9-17-14(18)4-2-3-8-15/h5-6,10H,2-4,7-9H2,1H3,(H,17,18). The van der Waals surface area contributed by atoms with E-state index in [9.17, 15) is 9.18 Å². The van der Waals surface area contributed by atoms with Crippen LogP contribution in [0, 0.1) is 12.7 Å². The molecule has 0 aromatic heterocycles. The molecule has 0 heterocycles. The van der Waals surface area contributed by atoms with E-state index in [4.69, 9.17) is 0 Å². The van der Waals surface area contributed by atoms with Crippen LogP contribution in [0.5, 0.6) is 0 Å². The third kappa shape index (κ3) is 5.63. The van der Waals surface area contributed by atoms with Gasteiger partial charge in [-0.3, -0.25) is 4.79 Å². The van der Waals surface area contributed by atoms with Crippen LogP contribution in [0.15, 0.2) is 18.2 Å². The molecule has 100 valence electrons. The first-order chi connectivity index (χ1) is 8.63. The highest BCUT2D eigenvalue weighted by Gasteiger charge is 2.03. The van der Waals surface area contributed by atoms with Crippen molar-refractivity contribution in [1.82, 2.24) is 5.32 Å². The van der Waals surface area contributed by atoms with Gasteiger partial charge in [0.25, 0.3) is 0 Å². The normalized spacial score (nSPS) is 10.4. The third-order valence-corrected chi connectivity index (χ3v) is 3.37. The van der Waals surface area contributed by atoms with Crippen molar-refractivity contribution in [3.63, 3.8) is 0 Å². The van der Waals surface area contributed by atoms with Gasteiger partial charge < -0.3 is 5.32 Å². The highest BCUT2D eigenvalue weighted by Crippen LogP contribution is 2.10. The quantitative estimate of drug-likeness (QED) is 0.606. The second-order valence-electron chi connectivity index (χ2n) is 4.32.